The Kier molecular flexibility index (Phi) is 3.99. The van der Waals surface area contributed by atoms with E-state index >= 15 is 0 Å². The van der Waals surface area contributed by atoms with Gasteiger partial charge in [-0.2, -0.15) is 10.1 Å². The highest BCUT2D eigenvalue weighted by molar-refractivity contribution is 6.30. The maximum Gasteiger partial charge on any atom is 0.231 e. The van der Waals surface area contributed by atoms with Gasteiger partial charge >= 0.3 is 0 Å². The molecule has 0 spiro atoms. The standard InChI is InChI=1S/C14H20ClN5O/c1-4-12-11(13(15)19(3)17-12)8-20-6-5-10(7-20)14-16-9(2)18-21-14/h10H,4-8H2,1-3H3. The van der Waals surface area contributed by atoms with E-state index in [9.17, 15) is 0 Å². The Morgan fingerprint density at radius 2 is 2.24 bits per heavy atom. The first-order valence-electron chi connectivity index (χ1n) is 7.31. The second kappa shape index (κ2) is 5.77. The van der Waals surface area contributed by atoms with E-state index in [1.807, 2.05) is 14.0 Å². The van der Waals surface area contributed by atoms with Crippen LogP contribution >= 0.6 is 11.6 Å². The van der Waals surface area contributed by atoms with Crippen molar-refractivity contribution >= 4 is 11.6 Å². The van der Waals surface area contributed by atoms with Gasteiger partial charge in [-0.1, -0.05) is 23.7 Å². The quantitative estimate of drug-likeness (QED) is 0.867. The molecule has 3 heterocycles. The number of rotatable bonds is 4. The topological polar surface area (TPSA) is 60.0 Å². The Morgan fingerprint density at radius 3 is 2.90 bits per heavy atom. The minimum Gasteiger partial charge on any atom is -0.339 e. The van der Waals surface area contributed by atoms with Gasteiger partial charge in [-0.05, 0) is 26.3 Å². The molecule has 1 unspecified atom stereocenters. The van der Waals surface area contributed by atoms with Crippen LogP contribution in [0.25, 0.3) is 0 Å². The van der Waals surface area contributed by atoms with Gasteiger partial charge in [0.2, 0.25) is 5.89 Å². The lowest BCUT2D eigenvalue weighted by atomic mass is 10.1. The van der Waals surface area contributed by atoms with Crippen LogP contribution in [0.2, 0.25) is 5.15 Å². The average molecular weight is 310 g/mol. The fourth-order valence-electron chi connectivity index (χ4n) is 2.92. The second-order valence-electron chi connectivity index (χ2n) is 5.59. The highest BCUT2D eigenvalue weighted by Crippen LogP contribution is 2.29. The minimum absolute atomic E-state index is 0.326. The predicted molar refractivity (Wildman–Crippen MR) is 79.3 cm³/mol. The summed E-state index contributed by atoms with van der Waals surface area (Å²) in [7, 11) is 1.89. The van der Waals surface area contributed by atoms with Crippen LogP contribution in [0.5, 0.6) is 0 Å². The van der Waals surface area contributed by atoms with Crippen molar-refractivity contribution in [3.05, 3.63) is 28.1 Å². The summed E-state index contributed by atoms with van der Waals surface area (Å²) in [6.45, 7) is 6.73. The molecule has 2 aromatic heterocycles. The lowest BCUT2D eigenvalue weighted by molar-refractivity contribution is 0.308. The van der Waals surface area contributed by atoms with Crippen LogP contribution in [0.15, 0.2) is 4.52 Å². The van der Waals surface area contributed by atoms with E-state index in [2.05, 4.69) is 27.1 Å². The number of hydrogen-bond donors (Lipinski definition) is 0. The van der Waals surface area contributed by atoms with E-state index in [0.717, 1.165) is 54.8 Å². The lowest BCUT2D eigenvalue weighted by Crippen LogP contribution is -2.20. The average Bonchev–Trinajstić information content (AvgIpc) is 3.15. The van der Waals surface area contributed by atoms with Crippen molar-refractivity contribution in [1.29, 1.82) is 0 Å². The first-order valence-corrected chi connectivity index (χ1v) is 7.69. The van der Waals surface area contributed by atoms with E-state index in [0.29, 0.717) is 11.7 Å². The van der Waals surface area contributed by atoms with Crippen LogP contribution in [-0.2, 0) is 20.0 Å². The van der Waals surface area contributed by atoms with E-state index < -0.39 is 0 Å². The van der Waals surface area contributed by atoms with Crippen LogP contribution in [0.1, 0.15) is 42.2 Å². The van der Waals surface area contributed by atoms with E-state index in [4.69, 9.17) is 16.1 Å². The highest BCUT2D eigenvalue weighted by Gasteiger charge is 2.29. The van der Waals surface area contributed by atoms with Crippen molar-refractivity contribution in [2.75, 3.05) is 13.1 Å². The van der Waals surface area contributed by atoms with Crippen molar-refractivity contribution in [3.63, 3.8) is 0 Å². The molecule has 0 amide bonds. The molecule has 0 saturated carbocycles. The number of hydrogen-bond acceptors (Lipinski definition) is 5. The van der Waals surface area contributed by atoms with Crippen molar-refractivity contribution in [3.8, 4) is 0 Å². The minimum atomic E-state index is 0.326. The molecule has 1 aliphatic heterocycles. The third kappa shape index (κ3) is 2.82. The van der Waals surface area contributed by atoms with Crippen molar-refractivity contribution in [2.45, 2.75) is 39.2 Å². The number of likely N-dealkylation sites (tertiary alicyclic amines) is 1. The summed E-state index contributed by atoms with van der Waals surface area (Å²) in [5, 5.41) is 9.08. The number of halogens is 1. The normalized spacial score (nSPS) is 19.5. The molecule has 0 radical (unpaired) electrons. The second-order valence-corrected chi connectivity index (χ2v) is 5.95. The Morgan fingerprint density at radius 1 is 1.43 bits per heavy atom. The summed E-state index contributed by atoms with van der Waals surface area (Å²) in [6.07, 6.45) is 1.94. The molecule has 21 heavy (non-hydrogen) atoms. The van der Waals surface area contributed by atoms with Crippen LogP contribution in [-0.4, -0.2) is 37.9 Å². The fourth-order valence-corrected chi connectivity index (χ4v) is 3.13. The molecule has 3 rings (SSSR count). The summed E-state index contributed by atoms with van der Waals surface area (Å²) in [4.78, 5) is 6.72. The van der Waals surface area contributed by atoms with E-state index in [1.165, 1.54) is 0 Å². The first kappa shape index (κ1) is 14.5. The molecule has 0 aliphatic carbocycles. The lowest BCUT2D eigenvalue weighted by Gasteiger charge is -2.15. The van der Waals surface area contributed by atoms with Gasteiger partial charge in [0.05, 0.1) is 11.6 Å². The highest BCUT2D eigenvalue weighted by atomic mass is 35.5. The van der Waals surface area contributed by atoms with E-state index in [-0.39, 0.29) is 0 Å². The zero-order valence-corrected chi connectivity index (χ0v) is 13.4. The van der Waals surface area contributed by atoms with Gasteiger partial charge in [-0.15, -0.1) is 0 Å². The third-order valence-corrected chi connectivity index (χ3v) is 4.51. The summed E-state index contributed by atoms with van der Waals surface area (Å²) in [5.74, 6) is 1.78. The zero-order chi connectivity index (χ0) is 15.0. The molecule has 2 aromatic rings. The van der Waals surface area contributed by atoms with Gasteiger partial charge in [0, 0.05) is 25.7 Å². The first-order chi connectivity index (χ1) is 10.1. The maximum absolute atomic E-state index is 6.36. The molecule has 1 fully saturated rings. The molecule has 0 bridgehead atoms. The van der Waals surface area contributed by atoms with Crippen LogP contribution in [0.4, 0.5) is 0 Å². The Balaban J connectivity index is 1.70. The Bertz CT molecular complexity index is 635. The van der Waals surface area contributed by atoms with Gasteiger partial charge in [-0.25, -0.2) is 0 Å². The van der Waals surface area contributed by atoms with Crippen LogP contribution in [0.3, 0.4) is 0 Å². The van der Waals surface area contributed by atoms with Gasteiger partial charge in [-0.3, -0.25) is 9.58 Å². The van der Waals surface area contributed by atoms with Crippen LogP contribution < -0.4 is 0 Å². The fraction of sp³-hybridized carbons (Fsp3) is 0.643. The van der Waals surface area contributed by atoms with Crippen molar-refractivity contribution in [2.24, 2.45) is 7.05 Å². The molecule has 1 aliphatic rings. The van der Waals surface area contributed by atoms with Crippen molar-refractivity contribution in [1.82, 2.24) is 24.8 Å². The molecular formula is C14H20ClN5O. The van der Waals surface area contributed by atoms with E-state index in [1.54, 1.807) is 4.68 Å². The molecule has 1 saturated heterocycles. The van der Waals surface area contributed by atoms with Gasteiger partial charge in [0.15, 0.2) is 5.82 Å². The molecule has 1 atom stereocenters. The summed E-state index contributed by atoms with van der Waals surface area (Å²) in [6, 6.07) is 0. The molecule has 7 heteroatoms. The SMILES string of the molecule is CCc1nn(C)c(Cl)c1CN1CCC(c2nc(C)no2)C1. The maximum atomic E-state index is 6.36. The van der Waals surface area contributed by atoms with Crippen molar-refractivity contribution < 1.29 is 4.52 Å². The van der Waals surface area contributed by atoms with Gasteiger partial charge in [0.25, 0.3) is 0 Å². The summed E-state index contributed by atoms with van der Waals surface area (Å²) < 4.78 is 7.04. The molecule has 0 N–H and O–H groups in total. The van der Waals surface area contributed by atoms with Gasteiger partial charge < -0.3 is 4.52 Å². The monoisotopic (exact) mass is 309 g/mol. The third-order valence-electron chi connectivity index (χ3n) is 4.03. The number of aromatic nitrogens is 4. The molecule has 114 valence electrons. The summed E-state index contributed by atoms with van der Waals surface area (Å²) in [5.41, 5.74) is 2.23. The predicted octanol–water partition coefficient (Wildman–Crippen LogP) is 2.32. The number of aryl methyl sites for hydroxylation is 3. The largest absolute Gasteiger partial charge is 0.339 e. The smallest absolute Gasteiger partial charge is 0.231 e. The van der Waals surface area contributed by atoms with Crippen LogP contribution in [0, 0.1) is 6.92 Å². The summed E-state index contributed by atoms with van der Waals surface area (Å²) >= 11 is 6.36. The molecule has 0 aromatic carbocycles. The Hall–Kier alpha value is -1.40. The Labute approximate surface area is 129 Å². The number of nitrogens with zero attached hydrogens (tertiary/aromatic N) is 5. The molecule has 6 nitrogen and oxygen atoms in total. The zero-order valence-electron chi connectivity index (χ0n) is 12.6. The van der Waals surface area contributed by atoms with Gasteiger partial charge in [0.1, 0.15) is 5.15 Å². The molecular weight excluding hydrogens is 290 g/mol.